The summed E-state index contributed by atoms with van der Waals surface area (Å²) in [4.78, 5) is 37.9. The number of methoxy groups -OCH3 is 1. The number of rotatable bonds is 5. The van der Waals surface area contributed by atoms with Crippen LogP contribution in [0.15, 0.2) is 36.1 Å². The minimum Gasteiger partial charge on any atom is -0.481 e. The van der Waals surface area contributed by atoms with Crippen molar-refractivity contribution in [3.8, 4) is 5.88 Å². The molecule has 10 heteroatoms. The lowest BCUT2D eigenvalue weighted by Crippen LogP contribution is -2.56. The van der Waals surface area contributed by atoms with Gasteiger partial charge in [0, 0.05) is 25.7 Å². The van der Waals surface area contributed by atoms with Crippen LogP contribution in [0.4, 0.5) is 10.6 Å². The summed E-state index contributed by atoms with van der Waals surface area (Å²) in [7, 11) is 1.51. The summed E-state index contributed by atoms with van der Waals surface area (Å²) in [5.41, 5.74) is 0.936. The average Bonchev–Trinajstić information content (AvgIpc) is 3.51. The molecular weight excluding hydrogens is 386 g/mol. The van der Waals surface area contributed by atoms with Crippen LogP contribution < -0.4 is 20.7 Å². The molecule has 2 bridgehead atoms. The number of nitrogens with zero attached hydrogens (tertiary/aromatic N) is 4. The molecule has 4 heterocycles. The molecule has 0 radical (unpaired) electrons. The van der Waals surface area contributed by atoms with E-state index in [-0.39, 0.29) is 18.0 Å². The normalized spacial score (nSPS) is 24.3. The zero-order chi connectivity index (χ0) is 20.7. The number of amides is 3. The van der Waals surface area contributed by atoms with E-state index in [0.29, 0.717) is 30.0 Å². The van der Waals surface area contributed by atoms with Crippen LogP contribution in [0.3, 0.4) is 0 Å². The first-order chi connectivity index (χ1) is 14.6. The van der Waals surface area contributed by atoms with Crippen LogP contribution in [0, 0.1) is 5.92 Å². The number of dihydropyridines is 1. The number of carbonyl (C=O) groups is 2. The molecule has 0 spiro atoms. The van der Waals surface area contributed by atoms with Crippen molar-refractivity contribution in [3.63, 3.8) is 0 Å². The molecule has 0 aromatic carbocycles. The second kappa shape index (κ2) is 7.51. The number of allylic oxidation sites excluding steroid dienone is 1. The number of urea groups is 1. The molecule has 1 aromatic heterocycles. The zero-order valence-electron chi connectivity index (χ0n) is 16.8. The summed E-state index contributed by atoms with van der Waals surface area (Å²) in [6.45, 7) is 2.36. The number of hydrogen-bond donors (Lipinski definition) is 3. The smallest absolute Gasteiger partial charge is 0.328 e. The first-order valence-corrected chi connectivity index (χ1v) is 10.3. The Balaban J connectivity index is 1.35. The zero-order valence-corrected chi connectivity index (χ0v) is 16.8. The Morgan fingerprint density at radius 2 is 2.17 bits per heavy atom. The molecule has 10 nitrogen and oxygen atoms in total. The molecule has 2 fully saturated rings. The van der Waals surface area contributed by atoms with Gasteiger partial charge in [0.05, 0.1) is 18.8 Å². The number of hydrogen-bond acceptors (Lipinski definition) is 7. The van der Waals surface area contributed by atoms with Crippen molar-refractivity contribution in [3.05, 3.63) is 36.1 Å². The Morgan fingerprint density at radius 3 is 2.97 bits per heavy atom. The Morgan fingerprint density at radius 1 is 1.30 bits per heavy atom. The first-order valence-electron chi connectivity index (χ1n) is 10.3. The highest BCUT2D eigenvalue weighted by atomic mass is 16.5. The molecule has 3 N–H and O–H groups in total. The minimum atomic E-state index is -0.504. The predicted molar refractivity (Wildman–Crippen MR) is 108 cm³/mol. The third-order valence-corrected chi connectivity index (χ3v) is 5.94. The van der Waals surface area contributed by atoms with Gasteiger partial charge in [-0.3, -0.25) is 15.0 Å². The van der Waals surface area contributed by atoms with Crippen molar-refractivity contribution in [1.29, 1.82) is 0 Å². The molecule has 30 heavy (non-hydrogen) atoms. The number of nitrogens with one attached hydrogen (secondary N) is 3. The molecule has 1 saturated carbocycles. The van der Waals surface area contributed by atoms with Crippen molar-refractivity contribution >= 4 is 17.8 Å². The van der Waals surface area contributed by atoms with Gasteiger partial charge in [-0.05, 0) is 31.3 Å². The van der Waals surface area contributed by atoms with E-state index in [2.05, 4.69) is 30.8 Å². The summed E-state index contributed by atoms with van der Waals surface area (Å²) >= 11 is 0. The topological polar surface area (TPSA) is 112 Å². The molecule has 158 valence electrons. The predicted octanol–water partition coefficient (Wildman–Crippen LogP) is 0.630. The highest BCUT2D eigenvalue weighted by molar-refractivity contribution is 5.91. The third-order valence-electron chi connectivity index (χ3n) is 5.94. The Kier molecular flexibility index (Phi) is 4.68. The fourth-order valence-corrected chi connectivity index (χ4v) is 4.12. The van der Waals surface area contributed by atoms with Crippen molar-refractivity contribution in [2.24, 2.45) is 5.92 Å². The van der Waals surface area contributed by atoms with Gasteiger partial charge in [-0.25, -0.2) is 14.8 Å². The summed E-state index contributed by atoms with van der Waals surface area (Å²) in [5.74, 6) is 1.94. The van der Waals surface area contributed by atoms with Crippen LogP contribution in [0.2, 0.25) is 0 Å². The molecule has 1 aromatic rings. The van der Waals surface area contributed by atoms with Crippen LogP contribution >= 0.6 is 0 Å². The highest BCUT2D eigenvalue weighted by Gasteiger charge is 2.42. The van der Waals surface area contributed by atoms with Gasteiger partial charge in [-0.2, -0.15) is 0 Å². The van der Waals surface area contributed by atoms with Gasteiger partial charge in [-0.15, -0.1) is 0 Å². The molecule has 3 amide bonds. The average molecular weight is 411 g/mol. The van der Waals surface area contributed by atoms with E-state index in [9.17, 15) is 9.59 Å². The number of anilines is 1. The Hall–Kier alpha value is -3.30. The fraction of sp³-hybridized carbons (Fsp3) is 0.500. The molecule has 1 aliphatic carbocycles. The molecular formula is C20H25N7O3. The van der Waals surface area contributed by atoms with Gasteiger partial charge in [0.15, 0.2) is 0 Å². The van der Waals surface area contributed by atoms with E-state index >= 15 is 0 Å². The summed E-state index contributed by atoms with van der Waals surface area (Å²) in [6.07, 6.45) is 8.38. The highest BCUT2D eigenvalue weighted by Crippen LogP contribution is 2.33. The lowest BCUT2D eigenvalue weighted by molar-refractivity contribution is -0.122. The Labute approximate surface area is 174 Å². The SMILES string of the molecule is COc1cc(NC(=O)N2C3=C(C=CC(C(=O)NCC4CC4)N3)N3CC[C@H]2C3)ncn1. The number of fused-ring (bicyclic) bond motifs is 3. The lowest BCUT2D eigenvalue weighted by Gasteiger charge is -2.40. The van der Waals surface area contributed by atoms with Gasteiger partial charge in [0.2, 0.25) is 11.8 Å². The van der Waals surface area contributed by atoms with Crippen LogP contribution in [0.1, 0.15) is 19.3 Å². The minimum absolute atomic E-state index is 0.0293. The van der Waals surface area contributed by atoms with Gasteiger partial charge < -0.3 is 20.3 Å². The molecule has 4 aliphatic rings. The second-order valence-corrected chi connectivity index (χ2v) is 8.04. The summed E-state index contributed by atoms with van der Waals surface area (Å²) in [5, 5.41) is 9.13. The monoisotopic (exact) mass is 411 g/mol. The number of ether oxygens (including phenoxy) is 1. The molecule has 5 rings (SSSR count). The fourth-order valence-electron chi connectivity index (χ4n) is 4.12. The maximum absolute atomic E-state index is 13.2. The van der Waals surface area contributed by atoms with Crippen LogP contribution in [-0.4, -0.2) is 70.5 Å². The summed E-state index contributed by atoms with van der Waals surface area (Å²) in [6, 6.07) is 0.799. The first kappa shape index (κ1) is 18.7. The third kappa shape index (κ3) is 3.53. The van der Waals surface area contributed by atoms with E-state index in [4.69, 9.17) is 4.74 Å². The Bertz CT molecular complexity index is 927. The molecule has 1 saturated heterocycles. The van der Waals surface area contributed by atoms with Crippen LogP contribution in [0.25, 0.3) is 0 Å². The van der Waals surface area contributed by atoms with Gasteiger partial charge in [0.1, 0.15) is 24.0 Å². The van der Waals surface area contributed by atoms with Crippen LogP contribution in [-0.2, 0) is 4.79 Å². The lowest BCUT2D eigenvalue weighted by atomic mass is 10.1. The van der Waals surface area contributed by atoms with Gasteiger partial charge >= 0.3 is 6.03 Å². The van der Waals surface area contributed by atoms with Gasteiger partial charge in [0.25, 0.3) is 0 Å². The maximum atomic E-state index is 13.2. The van der Waals surface area contributed by atoms with Crippen molar-refractivity contribution in [2.45, 2.75) is 31.3 Å². The van der Waals surface area contributed by atoms with E-state index in [1.165, 1.54) is 26.3 Å². The quantitative estimate of drug-likeness (QED) is 0.652. The van der Waals surface area contributed by atoms with Crippen molar-refractivity contribution in [1.82, 2.24) is 30.4 Å². The largest absolute Gasteiger partial charge is 0.481 e. The van der Waals surface area contributed by atoms with Crippen LogP contribution in [0.5, 0.6) is 5.88 Å². The number of carbonyl (C=O) groups excluding carboxylic acids is 2. The van der Waals surface area contributed by atoms with E-state index in [1.807, 2.05) is 12.2 Å². The summed E-state index contributed by atoms with van der Waals surface area (Å²) < 4.78 is 5.10. The second-order valence-electron chi connectivity index (χ2n) is 8.04. The van der Waals surface area contributed by atoms with Crippen molar-refractivity contribution < 1.29 is 14.3 Å². The molecule has 1 unspecified atom stereocenters. The maximum Gasteiger partial charge on any atom is 0.328 e. The molecule has 3 aliphatic heterocycles. The standard InChI is InChI=1S/C20H25N7O3/c1-30-17-8-16(22-11-23-17)25-20(29)27-13-6-7-26(10-13)15-5-4-14(24-18(15)27)19(28)21-9-12-2-3-12/h4-5,8,11-14,24H,2-3,6-7,9-10H2,1H3,(H,21,28)(H,22,23,25,29)/t13-,14?/m0/s1. The van der Waals surface area contributed by atoms with Crippen molar-refractivity contribution in [2.75, 3.05) is 32.1 Å². The van der Waals surface area contributed by atoms with Gasteiger partial charge in [-0.1, -0.05) is 6.08 Å². The van der Waals surface area contributed by atoms with E-state index < -0.39 is 6.04 Å². The van der Waals surface area contributed by atoms with E-state index in [0.717, 1.165) is 25.2 Å². The number of aromatic nitrogens is 2. The van der Waals surface area contributed by atoms with E-state index in [1.54, 1.807) is 11.0 Å². The molecule has 2 atom stereocenters.